The summed E-state index contributed by atoms with van der Waals surface area (Å²) in [6.45, 7) is 0. The second kappa shape index (κ2) is 8.75. The van der Waals surface area contributed by atoms with Crippen LogP contribution in [0.25, 0.3) is 0 Å². The van der Waals surface area contributed by atoms with Crippen LogP contribution in [0.1, 0.15) is 22.6 Å². The molecule has 0 saturated heterocycles. The maximum absolute atomic E-state index is 2.27. The lowest BCUT2D eigenvalue weighted by atomic mass is 9.86. The number of rotatable bonds is 6. The van der Waals surface area contributed by atoms with Crippen molar-refractivity contribution < 1.29 is 0 Å². The van der Waals surface area contributed by atoms with Crippen LogP contribution in [0, 0.1) is 0 Å². The van der Waals surface area contributed by atoms with E-state index in [1.807, 2.05) is 11.8 Å². The van der Waals surface area contributed by atoms with Crippen molar-refractivity contribution in [2.75, 3.05) is 0 Å². The third-order valence-corrected chi connectivity index (χ3v) is 5.76. The smallest absolute Gasteiger partial charge is 0.0130 e. The Labute approximate surface area is 165 Å². The topological polar surface area (TPSA) is 0 Å². The highest BCUT2D eigenvalue weighted by Gasteiger charge is 2.14. The van der Waals surface area contributed by atoms with Gasteiger partial charge in [0.2, 0.25) is 0 Å². The van der Waals surface area contributed by atoms with Crippen LogP contribution in [0.15, 0.2) is 125 Å². The number of benzene rings is 4. The largest absolute Gasteiger partial charge is 0.0901 e. The molecule has 0 amide bonds. The predicted molar refractivity (Wildman–Crippen MR) is 115 cm³/mol. The van der Waals surface area contributed by atoms with Crippen molar-refractivity contribution in [3.05, 3.63) is 132 Å². The molecule has 0 nitrogen and oxygen atoms in total. The molecule has 0 atom stereocenters. The van der Waals surface area contributed by atoms with E-state index in [2.05, 4.69) is 115 Å². The molecule has 0 N–H and O–H groups in total. The highest BCUT2D eigenvalue weighted by atomic mass is 32.2. The van der Waals surface area contributed by atoms with Gasteiger partial charge in [-0.3, -0.25) is 0 Å². The zero-order valence-electron chi connectivity index (χ0n) is 15.2. The van der Waals surface area contributed by atoms with Gasteiger partial charge in [-0.1, -0.05) is 103 Å². The molecule has 0 heterocycles. The van der Waals surface area contributed by atoms with E-state index in [9.17, 15) is 0 Å². The van der Waals surface area contributed by atoms with Gasteiger partial charge in [0.1, 0.15) is 0 Å². The summed E-state index contributed by atoms with van der Waals surface area (Å²) in [7, 11) is 0. The van der Waals surface area contributed by atoms with E-state index >= 15 is 0 Å². The molecule has 4 aromatic carbocycles. The average Bonchev–Trinajstić information content (AvgIpc) is 2.75. The quantitative estimate of drug-likeness (QED) is 0.347. The van der Waals surface area contributed by atoms with Gasteiger partial charge in [-0.15, -0.1) is 0 Å². The normalized spacial score (nSPS) is 10.9. The third kappa shape index (κ3) is 4.69. The van der Waals surface area contributed by atoms with E-state index in [4.69, 9.17) is 0 Å². The number of hydrogen-bond acceptors (Lipinski definition) is 1. The third-order valence-electron chi connectivity index (χ3n) is 4.75. The van der Waals surface area contributed by atoms with Crippen LogP contribution in [0.5, 0.6) is 0 Å². The fourth-order valence-corrected chi connectivity index (χ4v) is 4.19. The van der Waals surface area contributed by atoms with Crippen LogP contribution < -0.4 is 0 Å². The van der Waals surface area contributed by atoms with E-state index in [0.717, 1.165) is 6.42 Å². The van der Waals surface area contributed by atoms with Crippen LogP contribution in [0.2, 0.25) is 0 Å². The maximum Gasteiger partial charge on any atom is 0.0130 e. The Balaban J connectivity index is 1.55. The van der Waals surface area contributed by atoms with Gasteiger partial charge in [-0.2, -0.15) is 0 Å². The molecule has 0 bridgehead atoms. The van der Waals surface area contributed by atoms with Crippen LogP contribution in [-0.4, -0.2) is 0 Å². The van der Waals surface area contributed by atoms with Gasteiger partial charge in [-0.25, -0.2) is 0 Å². The van der Waals surface area contributed by atoms with Crippen molar-refractivity contribution in [3.8, 4) is 0 Å². The zero-order valence-corrected chi connectivity index (χ0v) is 16.0. The Hall–Kier alpha value is -2.77. The molecule has 132 valence electrons. The van der Waals surface area contributed by atoms with Gasteiger partial charge in [0.05, 0.1) is 0 Å². The molecular formula is C26H22S. The van der Waals surface area contributed by atoms with Crippen molar-refractivity contribution in [2.24, 2.45) is 0 Å². The highest BCUT2D eigenvalue weighted by molar-refractivity contribution is 7.99. The standard InChI is InChI=1S/C26H22S/c1-4-10-22(11-5-1)26(23-12-6-2-7-13-23)20-21-16-18-25(19-17-21)27-24-14-8-3-9-15-24/h1-19,26H,20H2. The Morgan fingerprint density at radius 1 is 0.481 bits per heavy atom. The molecule has 0 aromatic heterocycles. The van der Waals surface area contributed by atoms with Crippen LogP contribution in [0.4, 0.5) is 0 Å². The van der Waals surface area contributed by atoms with Gasteiger partial charge >= 0.3 is 0 Å². The van der Waals surface area contributed by atoms with Gasteiger partial charge in [0.25, 0.3) is 0 Å². The first-order valence-electron chi connectivity index (χ1n) is 9.30. The average molecular weight is 367 g/mol. The van der Waals surface area contributed by atoms with Crippen LogP contribution >= 0.6 is 11.8 Å². The molecule has 0 spiro atoms. The lowest BCUT2D eigenvalue weighted by molar-refractivity contribution is 0.804. The van der Waals surface area contributed by atoms with Crippen molar-refractivity contribution >= 4 is 11.8 Å². The molecule has 1 heteroatoms. The minimum absolute atomic E-state index is 0.375. The van der Waals surface area contributed by atoms with E-state index in [0.29, 0.717) is 5.92 Å². The zero-order chi connectivity index (χ0) is 18.3. The summed E-state index contributed by atoms with van der Waals surface area (Å²) in [6.07, 6.45) is 1.00. The van der Waals surface area contributed by atoms with Gasteiger partial charge in [-0.05, 0) is 47.4 Å². The van der Waals surface area contributed by atoms with Crippen molar-refractivity contribution in [3.63, 3.8) is 0 Å². The predicted octanol–water partition coefficient (Wildman–Crippen LogP) is 7.21. The van der Waals surface area contributed by atoms with Gasteiger partial charge < -0.3 is 0 Å². The first-order chi connectivity index (χ1) is 13.4. The minimum atomic E-state index is 0.375. The van der Waals surface area contributed by atoms with Gasteiger partial charge in [0, 0.05) is 15.7 Å². The molecule has 4 aromatic rings. The summed E-state index contributed by atoms with van der Waals surface area (Å²) in [5, 5.41) is 0. The second-order valence-electron chi connectivity index (χ2n) is 6.64. The van der Waals surface area contributed by atoms with E-state index in [1.165, 1.54) is 26.5 Å². The van der Waals surface area contributed by atoms with E-state index < -0.39 is 0 Å². The van der Waals surface area contributed by atoms with Crippen molar-refractivity contribution in [1.82, 2.24) is 0 Å². The molecule has 0 aliphatic rings. The summed E-state index contributed by atoms with van der Waals surface area (Å²) >= 11 is 1.81. The molecule has 0 fully saturated rings. The Morgan fingerprint density at radius 3 is 1.44 bits per heavy atom. The summed E-state index contributed by atoms with van der Waals surface area (Å²) < 4.78 is 0. The SMILES string of the molecule is c1ccc(Sc2ccc(CC(c3ccccc3)c3ccccc3)cc2)cc1. The molecule has 4 rings (SSSR count). The molecular weight excluding hydrogens is 344 g/mol. The lowest BCUT2D eigenvalue weighted by Crippen LogP contribution is -2.05. The van der Waals surface area contributed by atoms with Gasteiger partial charge in [0.15, 0.2) is 0 Å². The van der Waals surface area contributed by atoms with Crippen LogP contribution in [0.3, 0.4) is 0 Å². The summed E-state index contributed by atoms with van der Waals surface area (Å²) in [5.41, 5.74) is 4.10. The van der Waals surface area contributed by atoms with Crippen LogP contribution in [-0.2, 0) is 6.42 Å². The fraction of sp³-hybridized carbons (Fsp3) is 0.0769. The van der Waals surface area contributed by atoms with E-state index in [1.54, 1.807) is 0 Å². The van der Waals surface area contributed by atoms with E-state index in [-0.39, 0.29) is 0 Å². The molecule has 0 aliphatic carbocycles. The Kier molecular flexibility index (Phi) is 5.71. The highest BCUT2D eigenvalue weighted by Crippen LogP contribution is 2.31. The maximum atomic E-state index is 2.27. The number of hydrogen-bond donors (Lipinski definition) is 0. The van der Waals surface area contributed by atoms with Crippen molar-refractivity contribution in [2.45, 2.75) is 22.1 Å². The first-order valence-corrected chi connectivity index (χ1v) is 10.1. The Bertz CT molecular complexity index is 906. The van der Waals surface area contributed by atoms with Crippen molar-refractivity contribution in [1.29, 1.82) is 0 Å². The lowest BCUT2D eigenvalue weighted by Gasteiger charge is -2.18. The molecule has 0 radical (unpaired) electrons. The Morgan fingerprint density at radius 2 is 0.926 bits per heavy atom. The second-order valence-corrected chi connectivity index (χ2v) is 7.78. The molecule has 0 unspecified atom stereocenters. The first kappa shape index (κ1) is 17.6. The molecule has 27 heavy (non-hydrogen) atoms. The summed E-state index contributed by atoms with van der Waals surface area (Å²) in [4.78, 5) is 2.55. The molecule has 0 aliphatic heterocycles. The summed E-state index contributed by atoms with van der Waals surface area (Å²) in [5.74, 6) is 0.375. The monoisotopic (exact) mass is 366 g/mol. The molecule has 0 saturated carbocycles. The minimum Gasteiger partial charge on any atom is -0.0901 e. The summed E-state index contributed by atoms with van der Waals surface area (Å²) in [6, 6.07) is 41.2. The fourth-order valence-electron chi connectivity index (χ4n) is 3.35.